The largest absolute Gasteiger partial charge is 0.427 e. The lowest BCUT2D eigenvalue weighted by atomic mass is 10.2. The summed E-state index contributed by atoms with van der Waals surface area (Å²) in [7, 11) is 0. The van der Waals surface area contributed by atoms with Crippen LogP contribution in [0.4, 0.5) is 4.39 Å². The van der Waals surface area contributed by atoms with Gasteiger partial charge in [-0.05, 0) is 37.5 Å². The molecule has 0 aliphatic heterocycles. The summed E-state index contributed by atoms with van der Waals surface area (Å²) in [6, 6.07) is 5.37. The van der Waals surface area contributed by atoms with E-state index in [9.17, 15) is 4.39 Å². The Morgan fingerprint density at radius 1 is 1.42 bits per heavy atom. The molecule has 0 amide bonds. The molecule has 4 nitrogen and oxygen atoms in total. The number of halogens is 1. The average Bonchev–Trinajstić information content (AvgIpc) is 3.12. The van der Waals surface area contributed by atoms with Crippen LogP contribution in [0.2, 0.25) is 0 Å². The molecular formula is C13H14FN3OS. The Morgan fingerprint density at radius 2 is 2.26 bits per heavy atom. The zero-order valence-corrected chi connectivity index (χ0v) is 11.3. The number of benzene rings is 1. The first kappa shape index (κ1) is 12.5. The van der Waals surface area contributed by atoms with Crippen LogP contribution in [0, 0.1) is 12.7 Å². The summed E-state index contributed by atoms with van der Waals surface area (Å²) in [5, 5.41) is 12.5. The van der Waals surface area contributed by atoms with Crippen molar-refractivity contribution in [2.75, 3.05) is 0 Å². The lowest BCUT2D eigenvalue weighted by Crippen LogP contribution is -2.14. The Labute approximate surface area is 114 Å². The molecule has 2 aromatic rings. The Bertz CT molecular complexity index is 583. The number of aromatic nitrogens is 2. The summed E-state index contributed by atoms with van der Waals surface area (Å²) in [6.45, 7) is 2.58. The van der Waals surface area contributed by atoms with Crippen LogP contribution in [0.1, 0.15) is 23.4 Å². The van der Waals surface area contributed by atoms with E-state index < -0.39 is 5.82 Å². The fourth-order valence-corrected chi connectivity index (χ4v) is 2.30. The molecule has 0 saturated heterocycles. The van der Waals surface area contributed by atoms with E-state index in [2.05, 4.69) is 15.5 Å². The van der Waals surface area contributed by atoms with Crippen LogP contribution in [0.25, 0.3) is 0 Å². The van der Waals surface area contributed by atoms with E-state index in [1.165, 1.54) is 30.2 Å². The predicted molar refractivity (Wildman–Crippen MR) is 71.0 cm³/mol. The molecule has 1 fully saturated rings. The molecule has 0 atom stereocenters. The van der Waals surface area contributed by atoms with Gasteiger partial charge in [0.15, 0.2) is 11.6 Å². The second-order valence-electron chi connectivity index (χ2n) is 4.65. The normalized spacial score (nSPS) is 14.6. The molecule has 3 rings (SSSR count). The highest BCUT2D eigenvalue weighted by Crippen LogP contribution is 2.28. The molecule has 6 heteroatoms. The number of hydrogen-bond donors (Lipinski definition) is 1. The van der Waals surface area contributed by atoms with Crippen molar-refractivity contribution in [3.05, 3.63) is 34.6 Å². The lowest BCUT2D eigenvalue weighted by Gasteiger charge is -2.03. The molecule has 1 aromatic heterocycles. The first-order valence-electron chi connectivity index (χ1n) is 6.20. The van der Waals surface area contributed by atoms with E-state index in [4.69, 9.17) is 4.74 Å². The van der Waals surface area contributed by atoms with Gasteiger partial charge in [0.25, 0.3) is 5.19 Å². The molecule has 1 heterocycles. The third-order valence-electron chi connectivity index (χ3n) is 2.85. The van der Waals surface area contributed by atoms with Gasteiger partial charge in [-0.2, -0.15) is 0 Å². The van der Waals surface area contributed by atoms with Gasteiger partial charge in [-0.1, -0.05) is 22.5 Å². The Kier molecular flexibility index (Phi) is 3.44. The molecule has 0 bridgehead atoms. The maximum Gasteiger partial charge on any atom is 0.299 e. The minimum absolute atomic E-state index is 0.192. The summed E-state index contributed by atoms with van der Waals surface area (Å²) < 4.78 is 19.0. The first-order chi connectivity index (χ1) is 9.20. The van der Waals surface area contributed by atoms with E-state index in [1.807, 2.05) is 6.92 Å². The van der Waals surface area contributed by atoms with Gasteiger partial charge in [0.2, 0.25) is 0 Å². The molecule has 0 unspecified atom stereocenters. The number of rotatable bonds is 5. The standard InChI is InChI=1S/C13H14FN3OS/c1-8-2-5-10(14)11(6-8)18-13-17-16-12(19-13)7-15-9-3-4-9/h2,5-6,9,15H,3-4,7H2,1H3. The third-order valence-corrected chi connectivity index (χ3v) is 3.65. The van der Waals surface area contributed by atoms with Gasteiger partial charge in [0.05, 0.1) is 6.54 Å². The molecule has 100 valence electrons. The molecule has 1 aliphatic carbocycles. The number of nitrogens with zero attached hydrogens (tertiary/aromatic N) is 2. The predicted octanol–water partition coefficient (Wildman–Crippen LogP) is 3.03. The van der Waals surface area contributed by atoms with Crippen LogP contribution in [-0.2, 0) is 6.54 Å². The van der Waals surface area contributed by atoms with E-state index >= 15 is 0 Å². The van der Waals surface area contributed by atoms with Crippen LogP contribution in [-0.4, -0.2) is 16.2 Å². The Hall–Kier alpha value is -1.53. The van der Waals surface area contributed by atoms with E-state index in [1.54, 1.807) is 12.1 Å². The smallest absolute Gasteiger partial charge is 0.299 e. The van der Waals surface area contributed by atoms with Crippen LogP contribution in [0.5, 0.6) is 10.9 Å². The highest BCUT2D eigenvalue weighted by atomic mass is 32.1. The molecule has 19 heavy (non-hydrogen) atoms. The number of aryl methyl sites for hydroxylation is 1. The maximum atomic E-state index is 13.5. The van der Waals surface area contributed by atoms with E-state index in [0.29, 0.717) is 17.8 Å². The first-order valence-corrected chi connectivity index (χ1v) is 7.02. The van der Waals surface area contributed by atoms with Crippen molar-refractivity contribution in [2.45, 2.75) is 32.4 Å². The summed E-state index contributed by atoms with van der Waals surface area (Å²) in [5.74, 6) is -0.198. The van der Waals surface area contributed by atoms with Gasteiger partial charge in [0, 0.05) is 6.04 Å². The highest BCUT2D eigenvalue weighted by molar-refractivity contribution is 7.13. The minimum Gasteiger partial charge on any atom is -0.427 e. The molecule has 1 saturated carbocycles. The summed E-state index contributed by atoms with van der Waals surface area (Å²) in [6.07, 6.45) is 2.47. The second kappa shape index (κ2) is 5.22. The number of nitrogens with one attached hydrogen (secondary N) is 1. The van der Waals surface area contributed by atoms with Crippen molar-refractivity contribution in [1.82, 2.24) is 15.5 Å². The second-order valence-corrected chi connectivity index (χ2v) is 5.68. The van der Waals surface area contributed by atoms with Gasteiger partial charge < -0.3 is 10.1 Å². The van der Waals surface area contributed by atoms with Crippen molar-refractivity contribution in [3.8, 4) is 10.9 Å². The molecule has 1 aromatic carbocycles. The SMILES string of the molecule is Cc1ccc(F)c(Oc2nnc(CNC3CC3)s2)c1. The minimum atomic E-state index is -0.390. The van der Waals surface area contributed by atoms with E-state index in [-0.39, 0.29) is 5.75 Å². The molecule has 0 radical (unpaired) electrons. The molecule has 1 aliphatic rings. The van der Waals surface area contributed by atoms with Gasteiger partial charge in [-0.25, -0.2) is 4.39 Å². The zero-order valence-electron chi connectivity index (χ0n) is 10.5. The van der Waals surface area contributed by atoms with Crippen molar-refractivity contribution < 1.29 is 9.13 Å². The molecular weight excluding hydrogens is 265 g/mol. The fraction of sp³-hybridized carbons (Fsp3) is 0.385. The lowest BCUT2D eigenvalue weighted by molar-refractivity contribution is 0.435. The monoisotopic (exact) mass is 279 g/mol. The molecule has 1 N–H and O–H groups in total. The van der Waals surface area contributed by atoms with Gasteiger partial charge in [-0.3, -0.25) is 0 Å². The van der Waals surface area contributed by atoms with Gasteiger partial charge in [-0.15, -0.1) is 5.10 Å². The summed E-state index contributed by atoms with van der Waals surface area (Å²) in [4.78, 5) is 0. The van der Waals surface area contributed by atoms with Gasteiger partial charge in [0.1, 0.15) is 5.01 Å². The Morgan fingerprint density at radius 3 is 3.05 bits per heavy atom. The Balaban J connectivity index is 1.66. The number of hydrogen-bond acceptors (Lipinski definition) is 5. The highest BCUT2D eigenvalue weighted by Gasteiger charge is 2.21. The third kappa shape index (κ3) is 3.27. The van der Waals surface area contributed by atoms with Crippen molar-refractivity contribution in [2.24, 2.45) is 0 Å². The topological polar surface area (TPSA) is 47.0 Å². The summed E-state index contributed by atoms with van der Waals surface area (Å²) in [5.41, 5.74) is 0.941. The van der Waals surface area contributed by atoms with Crippen LogP contribution in [0.3, 0.4) is 0 Å². The van der Waals surface area contributed by atoms with Crippen molar-refractivity contribution in [1.29, 1.82) is 0 Å². The quantitative estimate of drug-likeness (QED) is 0.914. The molecule has 0 spiro atoms. The van der Waals surface area contributed by atoms with E-state index in [0.717, 1.165) is 10.6 Å². The van der Waals surface area contributed by atoms with Gasteiger partial charge >= 0.3 is 0 Å². The van der Waals surface area contributed by atoms with Crippen LogP contribution < -0.4 is 10.1 Å². The fourth-order valence-electron chi connectivity index (χ4n) is 1.65. The summed E-state index contributed by atoms with van der Waals surface area (Å²) >= 11 is 1.34. The van der Waals surface area contributed by atoms with Crippen molar-refractivity contribution >= 4 is 11.3 Å². The van der Waals surface area contributed by atoms with Crippen LogP contribution >= 0.6 is 11.3 Å². The zero-order chi connectivity index (χ0) is 13.2. The van der Waals surface area contributed by atoms with Crippen molar-refractivity contribution in [3.63, 3.8) is 0 Å². The van der Waals surface area contributed by atoms with Crippen LogP contribution in [0.15, 0.2) is 18.2 Å². The maximum absolute atomic E-state index is 13.5. The number of ether oxygens (including phenoxy) is 1. The average molecular weight is 279 g/mol.